The van der Waals surface area contributed by atoms with Crippen molar-refractivity contribution in [1.82, 2.24) is 10.9 Å². The van der Waals surface area contributed by atoms with Gasteiger partial charge < -0.3 is 10.4 Å². The Labute approximate surface area is 146 Å². The Morgan fingerprint density at radius 1 is 1.25 bits per heavy atom. The number of hydrogen-bond acceptors (Lipinski definition) is 4. The SMILES string of the molecule is Cc1ccc(O)c(C2CC(C(=O)Nc3cccc(Cl)c3C)NN2)c1. The zero-order chi connectivity index (χ0) is 17.3. The van der Waals surface area contributed by atoms with Crippen LogP contribution >= 0.6 is 11.6 Å². The van der Waals surface area contributed by atoms with Crippen LogP contribution in [0.5, 0.6) is 5.75 Å². The largest absolute Gasteiger partial charge is 0.508 e. The number of halogens is 1. The monoisotopic (exact) mass is 345 g/mol. The van der Waals surface area contributed by atoms with Gasteiger partial charge in [0.25, 0.3) is 0 Å². The molecule has 4 N–H and O–H groups in total. The molecular formula is C18H20ClN3O2. The van der Waals surface area contributed by atoms with E-state index in [1.54, 1.807) is 18.2 Å². The van der Waals surface area contributed by atoms with Crippen molar-refractivity contribution in [3.05, 3.63) is 58.1 Å². The van der Waals surface area contributed by atoms with Gasteiger partial charge in [-0.15, -0.1) is 0 Å². The van der Waals surface area contributed by atoms with Gasteiger partial charge in [0.15, 0.2) is 0 Å². The van der Waals surface area contributed by atoms with Gasteiger partial charge in [-0.1, -0.05) is 35.4 Å². The lowest BCUT2D eigenvalue weighted by molar-refractivity contribution is -0.117. The Balaban J connectivity index is 1.70. The molecule has 0 bridgehead atoms. The van der Waals surface area contributed by atoms with Gasteiger partial charge in [0.2, 0.25) is 5.91 Å². The van der Waals surface area contributed by atoms with Crippen molar-refractivity contribution < 1.29 is 9.90 Å². The molecule has 6 heteroatoms. The molecular weight excluding hydrogens is 326 g/mol. The molecule has 0 saturated carbocycles. The van der Waals surface area contributed by atoms with Crippen LogP contribution in [-0.4, -0.2) is 17.1 Å². The molecule has 2 atom stereocenters. The third-order valence-corrected chi connectivity index (χ3v) is 4.71. The molecule has 126 valence electrons. The summed E-state index contributed by atoms with van der Waals surface area (Å²) in [5, 5.41) is 13.6. The highest BCUT2D eigenvalue weighted by atomic mass is 35.5. The highest BCUT2D eigenvalue weighted by molar-refractivity contribution is 6.31. The molecule has 0 aromatic heterocycles. The number of hydrazine groups is 1. The van der Waals surface area contributed by atoms with Crippen molar-refractivity contribution in [3.63, 3.8) is 0 Å². The van der Waals surface area contributed by atoms with Gasteiger partial charge in [0.1, 0.15) is 11.8 Å². The number of phenolic OH excluding ortho intramolecular Hbond substituents is 1. The standard InChI is InChI=1S/C18H20ClN3O2/c1-10-6-7-17(23)12(8-10)15-9-16(22-21-15)18(24)20-14-5-3-4-13(19)11(14)2/h3-8,15-16,21-23H,9H2,1-2H3,(H,20,24). The molecule has 0 aliphatic carbocycles. The molecule has 1 fully saturated rings. The number of aryl methyl sites for hydroxylation is 1. The third kappa shape index (κ3) is 3.38. The second-order valence-electron chi connectivity index (χ2n) is 6.09. The van der Waals surface area contributed by atoms with E-state index in [1.807, 2.05) is 32.0 Å². The predicted molar refractivity (Wildman–Crippen MR) is 95.1 cm³/mol. The predicted octanol–water partition coefficient (Wildman–Crippen LogP) is 3.21. The van der Waals surface area contributed by atoms with E-state index in [0.717, 1.165) is 16.7 Å². The number of benzene rings is 2. The van der Waals surface area contributed by atoms with Gasteiger partial charge in [-0.05, 0) is 44.0 Å². The molecule has 0 radical (unpaired) electrons. The Hall–Kier alpha value is -2.08. The summed E-state index contributed by atoms with van der Waals surface area (Å²) in [6.45, 7) is 3.84. The lowest BCUT2D eigenvalue weighted by Crippen LogP contribution is -2.39. The number of amides is 1. The molecule has 1 heterocycles. The first-order valence-corrected chi connectivity index (χ1v) is 8.20. The number of aromatic hydroxyl groups is 1. The summed E-state index contributed by atoms with van der Waals surface area (Å²) in [7, 11) is 0. The van der Waals surface area contributed by atoms with E-state index in [4.69, 9.17) is 11.6 Å². The smallest absolute Gasteiger partial charge is 0.242 e. The van der Waals surface area contributed by atoms with Gasteiger partial charge in [0.05, 0.1) is 6.04 Å². The average molecular weight is 346 g/mol. The van der Waals surface area contributed by atoms with Crippen LogP contribution in [-0.2, 0) is 4.79 Å². The van der Waals surface area contributed by atoms with Crippen LogP contribution < -0.4 is 16.2 Å². The zero-order valence-corrected chi connectivity index (χ0v) is 14.3. The maximum Gasteiger partial charge on any atom is 0.242 e. The second kappa shape index (κ2) is 6.81. The maximum atomic E-state index is 12.5. The van der Waals surface area contributed by atoms with Gasteiger partial charge in [0, 0.05) is 16.3 Å². The molecule has 24 heavy (non-hydrogen) atoms. The van der Waals surface area contributed by atoms with E-state index in [9.17, 15) is 9.90 Å². The molecule has 1 amide bonds. The van der Waals surface area contributed by atoms with E-state index < -0.39 is 6.04 Å². The highest BCUT2D eigenvalue weighted by Crippen LogP contribution is 2.31. The minimum Gasteiger partial charge on any atom is -0.508 e. The van der Waals surface area contributed by atoms with Gasteiger partial charge >= 0.3 is 0 Å². The van der Waals surface area contributed by atoms with Crippen molar-refractivity contribution in [2.24, 2.45) is 0 Å². The van der Waals surface area contributed by atoms with Gasteiger partial charge in [-0.25, -0.2) is 10.9 Å². The van der Waals surface area contributed by atoms with Gasteiger partial charge in [-0.3, -0.25) is 4.79 Å². The van der Waals surface area contributed by atoms with Crippen LogP contribution in [0.4, 0.5) is 5.69 Å². The van der Waals surface area contributed by atoms with E-state index in [1.165, 1.54) is 0 Å². The number of hydrogen-bond donors (Lipinski definition) is 4. The summed E-state index contributed by atoms with van der Waals surface area (Å²) in [5.41, 5.74) is 9.48. The molecule has 0 spiro atoms. The van der Waals surface area contributed by atoms with Crippen LogP contribution in [0.15, 0.2) is 36.4 Å². The average Bonchev–Trinajstić information content (AvgIpc) is 3.04. The molecule has 2 unspecified atom stereocenters. The fraction of sp³-hybridized carbons (Fsp3) is 0.278. The minimum absolute atomic E-state index is 0.124. The molecule has 1 aliphatic heterocycles. The first-order chi connectivity index (χ1) is 11.5. The molecule has 2 aromatic carbocycles. The molecule has 5 nitrogen and oxygen atoms in total. The zero-order valence-electron chi connectivity index (χ0n) is 13.6. The maximum absolute atomic E-state index is 12.5. The van der Waals surface area contributed by atoms with Gasteiger partial charge in [-0.2, -0.15) is 0 Å². The Kier molecular flexibility index (Phi) is 4.76. The van der Waals surface area contributed by atoms with Crippen molar-refractivity contribution in [1.29, 1.82) is 0 Å². The molecule has 3 rings (SSSR count). The molecule has 1 saturated heterocycles. The van der Waals surface area contributed by atoms with Crippen LogP contribution in [0.1, 0.15) is 29.2 Å². The second-order valence-corrected chi connectivity index (χ2v) is 6.50. The lowest BCUT2D eigenvalue weighted by Gasteiger charge is -2.14. The normalized spacial score (nSPS) is 20.1. The molecule has 2 aromatic rings. The number of anilines is 1. The topological polar surface area (TPSA) is 73.4 Å². The summed E-state index contributed by atoms with van der Waals surface area (Å²) in [6, 6.07) is 10.4. The van der Waals surface area contributed by atoms with Crippen molar-refractivity contribution >= 4 is 23.2 Å². The fourth-order valence-electron chi connectivity index (χ4n) is 2.85. The number of carbonyl (C=O) groups excluding carboxylic acids is 1. The summed E-state index contributed by atoms with van der Waals surface area (Å²) in [5.74, 6) is 0.0918. The quantitative estimate of drug-likeness (QED) is 0.689. The van der Waals surface area contributed by atoms with Crippen LogP contribution in [0.2, 0.25) is 5.02 Å². The Morgan fingerprint density at radius 3 is 2.83 bits per heavy atom. The number of carbonyl (C=O) groups is 1. The lowest BCUT2D eigenvalue weighted by atomic mass is 9.99. The van der Waals surface area contributed by atoms with Crippen LogP contribution in [0.3, 0.4) is 0 Å². The summed E-state index contributed by atoms with van der Waals surface area (Å²) in [4.78, 5) is 12.5. The summed E-state index contributed by atoms with van der Waals surface area (Å²) < 4.78 is 0. The third-order valence-electron chi connectivity index (χ3n) is 4.30. The van der Waals surface area contributed by atoms with Crippen molar-refractivity contribution in [2.45, 2.75) is 32.4 Å². The number of nitrogens with one attached hydrogen (secondary N) is 3. The first-order valence-electron chi connectivity index (χ1n) is 7.82. The van der Waals surface area contributed by atoms with E-state index >= 15 is 0 Å². The van der Waals surface area contributed by atoms with E-state index in [-0.39, 0.29) is 17.7 Å². The minimum atomic E-state index is -0.395. The number of rotatable bonds is 3. The van der Waals surface area contributed by atoms with Crippen molar-refractivity contribution in [2.75, 3.05) is 5.32 Å². The van der Waals surface area contributed by atoms with E-state index in [0.29, 0.717) is 17.1 Å². The Morgan fingerprint density at radius 2 is 2.04 bits per heavy atom. The molecule has 1 aliphatic rings. The van der Waals surface area contributed by atoms with E-state index in [2.05, 4.69) is 16.2 Å². The highest BCUT2D eigenvalue weighted by Gasteiger charge is 2.31. The van der Waals surface area contributed by atoms with Crippen molar-refractivity contribution in [3.8, 4) is 5.75 Å². The summed E-state index contributed by atoms with van der Waals surface area (Å²) >= 11 is 6.09. The Bertz CT molecular complexity index is 779. The number of phenols is 1. The van der Waals surface area contributed by atoms with Crippen LogP contribution in [0.25, 0.3) is 0 Å². The summed E-state index contributed by atoms with van der Waals surface area (Å²) in [6.07, 6.45) is 0.544. The van der Waals surface area contributed by atoms with Crippen LogP contribution in [0, 0.1) is 13.8 Å². The first kappa shape index (κ1) is 16.8. The fourth-order valence-corrected chi connectivity index (χ4v) is 3.02.